The van der Waals surface area contributed by atoms with Gasteiger partial charge in [-0.05, 0) is 48.4 Å². The standard InChI is InChI=1S/C21H23N3O3S/c1-23(21(25)26)13-6-14-24-19(16-9-11-18(27-2)12-10-16)15-28-20(24)22-17-7-4-3-5-8-17/h3-5,7-12,15H,6,13-14H2,1-2H3,(H,25,26)/b22-20+. The summed E-state index contributed by atoms with van der Waals surface area (Å²) in [6.45, 7) is 1.14. The zero-order valence-electron chi connectivity index (χ0n) is 15.9. The maximum absolute atomic E-state index is 11.0. The molecule has 7 heteroatoms. The molecule has 0 spiro atoms. The van der Waals surface area contributed by atoms with E-state index in [1.165, 1.54) is 4.90 Å². The van der Waals surface area contributed by atoms with Crippen molar-refractivity contribution in [3.63, 3.8) is 0 Å². The Morgan fingerprint density at radius 1 is 1.18 bits per heavy atom. The van der Waals surface area contributed by atoms with E-state index in [4.69, 9.17) is 14.8 Å². The molecule has 0 saturated heterocycles. The Morgan fingerprint density at radius 3 is 2.54 bits per heavy atom. The third-order valence-electron chi connectivity index (χ3n) is 4.37. The molecule has 146 valence electrons. The first kappa shape index (κ1) is 19.7. The number of methoxy groups -OCH3 is 1. The van der Waals surface area contributed by atoms with Gasteiger partial charge < -0.3 is 19.3 Å². The average Bonchev–Trinajstić information content (AvgIpc) is 3.11. The van der Waals surface area contributed by atoms with Gasteiger partial charge in [0.25, 0.3) is 0 Å². The first-order valence-corrected chi connectivity index (χ1v) is 9.83. The Kier molecular flexibility index (Phi) is 6.49. The van der Waals surface area contributed by atoms with Crippen molar-refractivity contribution in [1.82, 2.24) is 9.47 Å². The molecule has 0 aliphatic heterocycles. The molecule has 0 aliphatic rings. The third-order valence-corrected chi connectivity index (χ3v) is 5.23. The van der Waals surface area contributed by atoms with E-state index >= 15 is 0 Å². The van der Waals surface area contributed by atoms with E-state index in [0.29, 0.717) is 19.5 Å². The second-order valence-corrected chi connectivity index (χ2v) is 7.13. The molecule has 2 aromatic carbocycles. The highest BCUT2D eigenvalue weighted by Gasteiger charge is 2.10. The second kappa shape index (κ2) is 9.23. The Balaban J connectivity index is 1.94. The lowest BCUT2D eigenvalue weighted by atomic mass is 10.1. The van der Waals surface area contributed by atoms with Gasteiger partial charge >= 0.3 is 6.09 Å². The van der Waals surface area contributed by atoms with Crippen molar-refractivity contribution in [2.24, 2.45) is 4.99 Å². The van der Waals surface area contributed by atoms with Crippen LogP contribution in [0.3, 0.4) is 0 Å². The number of aromatic nitrogens is 1. The van der Waals surface area contributed by atoms with Crippen molar-refractivity contribution < 1.29 is 14.6 Å². The summed E-state index contributed by atoms with van der Waals surface area (Å²) >= 11 is 1.58. The highest BCUT2D eigenvalue weighted by atomic mass is 32.1. The highest BCUT2D eigenvalue weighted by molar-refractivity contribution is 7.07. The summed E-state index contributed by atoms with van der Waals surface area (Å²) in [7, 11) is 3.23. The molecule has 0 aliphatic carbocycles. The minimum absolute atomic E-state index is 0.463. The van der Waals surface area contributed by atoms with Crippen LogP contribution in [-0.4, -0.2) is 41.4 Å². The number of rotatable bonds is 7. The molecule has 0 bridgehead atoms. The Bertz CT molecular complexity index is 978. The van der Waals surface area contributed by atoms with Crippen LogP contribution < -0.4 is 9.54 Å². The highest BCUT2D eigenvalue weighted by Crippen LogP contribution is 2.24. The molecule has 1 aromatic heterocycles. The van der Waals surface area contributed by atoms with E-state index in [0.717, 1.165) is 27.5 Å². The molecule has 0 unspecified atom stereocenters. The number of ether oxygens (including phenoxy) is 1. The van der Waals surface area contributed by atoms with E-state index in [1.54, 1.807) is 25.5 Å². The number of hydrogen-bond donors (Lipinski definition) is 1. The van der Waals surface area contributed by atoms with Gasteiger partial charge in [0.1, 0.15) is 5.75 Å². The van der Waals surface area contributed by atoms with Gasteiger partial charge in [0, 0.05) is 25.5 Å². The van der Waals surface area contributed by atoms with E-state index in [2.05, 4.69) is 9.95 Å². The number of benzene rings is 2. The fraction of sp³-hybridized carbons (Fsp3) is 0.238. The largest absolute Gasteiger partial charge is 0.497 e. The van der Waals surface area contributed by atoms with Gasteiger partial charge in [-0.3, -0.25) is 0 Å². The SMILES string of the molecule is COc1ccc(-c2cs/c(=N/c3ccccc3)n2CCCN(C)C(=O)O)cc1. The van der Waals surface area contributed by atoms with E-state index < -0.39 is 6.09 Å². The summed E-state index contributed by atoms with van der Waals surface area (Å²) in [5, 5.41) is 11.1. The second-order valence-electron chi connectivity index (χ2n) is 6.29. The Labute approximate surface area is 168 Å². The molecular formula is C21H23N3O3S. The Morgan fingerprint density at radius 2 is 1.89 bits per heavy atom. The number of amides is 1. The first-order valence-electron chi connectivity index (χ1n) is 8.95. The molecule has 1 amide bonds. The van der Waals surface area contributed by atoms with Crippen LogP contribution >= 0.6 is 11.3 Å². The number of carboxylic acid groups (broad SMARTS) is 1. The lowest BCUT2D eigenvalue weighted by molar-refractivity contribution is 0.155. The average molecular weight is 398 g/mol. The predicted molar refractivity (Wildman–Crippen MR) is 111 cm³/mol. The maximum Gasteiger partial charge on any atom is 0.407 e. The van der Waals surface area contributed by atoms with E-state index in [1.807, 2.05) is 54.6 Å². The molecule has 0 fully saturated rings. The van der Waals surface area contributed by atoms with Crippen LogP contribution in [0.2, 0.25) is 0 Å². The summed E-state index contributed by atoms with van der Waals surface area (Å²) in [5.41, 5.74) is 3.01. The third kappa shape index (κ3) is 4.80. The smallest absolute Gasteiger partial charge is 0.407 e. The van der Waals surface area contributed by atoms with Crippen molar-refractivity contribution in [3.8, 4) is 17.0 Å². The minimum Gasteiger partial charge on any atom is -0.497 e. The van der Waals surface area contributed by atoms with E-state index in [9.17, 15) is 4.79 Å². The summed E-state index contributed by atoms with van der Waals surface area (Å²) in [6, 6.07) is 17.7. The van der Waals surface area contributed by atoms with Gasteiger partial charge in [0.05, 0.1) is 18.5 Å². The number of nitrogens with zero attached hydrogens (tertiary/aromatic N) is 3. The van der Waals surface area contributed by atoms with Crippen molar-refractivity contribution >= 4 is 23.1 Å². The molecule has 1 heterocycles. The minimum atomic E-state index is -0.917. The lowest BCUT2D eigenvalue weighted by Crippen LogP contribution is -2.27. The van der Waals surface area contributed by atoms with Crippen LogP contribution in [0.5, 0.6) is 5.75 Å². The number of hydrogen-bond acceptors (Lipinski definition) is 4. The molecule has 28 heavy (non-hydrogen) atoms. The lowest BCUT2D eigenvalue weighted by Gasteiger charge is -2.14. The summed E-state index contributed by atoms with van der Waals surface area (Å²) < 4.78 is 7.40. The number of para-hydroxylation sites is 1. The number of thiazole rings is 1. The van der Waals surface area contributed by atoms with Gasteiger partial charge in [-0.2, -0.15) is 0 Å². The molecule has 3 aromatic rings. The van der Waals surface area contributed by atoms with Crippen molar-refractivity contribution in [1.29, 1.82) is 0 Å². The van der Waals surface area contributed by atoms with Gasteiger partial charge in [0.2, 0.25) is 0 Å². The maximum atomic E-state index is 11.0. The quantitative estimate of drug-likeness (QED) is 0.640. The van der Waals surface area contributed by atoms with Crippen LogP contribution in [0, 0.1) is 0 Å². The van der Waals surface area contributed by atoms with Gasteiger partial charge in [-0.1, -0.05) is 18.2 Å². The topological polar surface area (TPSA) is 67.1 Å². The fourth-order valence-corrected chi connectivity index (χ4v) is 3.76. The number of carbonyl (C=O) groups is 1. The summed E-state index contributed by atoms with van der Waals surface area (Å²) in [4.78, 5) is 18.0. The molecule has 0 atom stereocenters. The molecule has 3 rings (SSSR count). The van der Waals surface area contributed by atoms with Crippen molar-refractivity contribution in [3.05, 3.63) is 64.8 Å². The molecular weight excluding hydrogens is 374 g/mol. The van der Waals surface area contributed by atoms with Crippen LogP contribution in [0.15, 0.2) is 65.0 Å². The van der Waals surface area contributed by atoms with Crippen LogP contribution in [-0.2, 0) is 6.54 Å². The summed E-state index contributed by atoms with van der Waals surface area (Å²) in [6.07, 6.45) is -0.218. The Hall–Kier alpha value is -3.06. The summed E-state index contributed by atoms with van der Waals surface area (Å²) in [5.74, 6) is 0.808. The van der Waals surface area contributed by atoms with Crippen LogP contribution in [0.4, 0.5) is 10.5 Å². The van der Waals surface area contributed by atoms with Crippen molar-refractivity contribution in [2.45, 2.75) is 13.0 Å². The van der Waals surface area contributed by atoms with Gasteiger partial charge in [-0.25, -0.2) is 9.79 Å². The van der Waals surface area contributed by atoms with Gasteiger partial charge in [0.15, 0.2) is 4.80 Å². The monoisotopic (exact) mass is 397 g/mol. The van der Waals surface area contributed by atoms with Crippen molar-refractivity contribution in [2.75, 3.05) is 20.7 Å². The molecule has 6 nitrogen and oxygen atoms in total. The van der Waals surface area contributed by atoms with Crippen LogP contribution in [0.1, 0.15) is 6.42 Å². The van der Waals surface area contributed by atoms with Crippen LogP contribution in [0.25, 0.3) is 11.3 Å². The normalized spacial score (nSPS) is 11.4. The zero-order chi connectivity index (χ0) is 19.9. The van der Waals surface area contributed by atoms with E-state index in [-0.39, 0.29) is 0 Å². The molecule has 1 N–H and O–H groups in total. The first-order chi connectivity index (χ1) is 13.6. The zero-order valence-corrected chi connectivity index (χ0v) is 16.7. The predicted octanol–water partition coefficient (Wildman–Crippen LogP) is 4.46. The molecule has 0 radical (unpaired) electrons. The molecule has 0 saturated carbocycles. The van der Waals surface area contributed by atoms with Gasteiger partial charge in [-0.15, -0.1) is 11.3 Å². The fourth-order valence-electron chi connectivity index (χ4n) is 2.80.